The highest BCUT2D eigenvalue weighted by Gasteiger charge is 2.20. The van der Waals surface area contributed by atoms with Gasteiger partial charge in [0.2, 0.25) is 0 Å². The Morgan fingerprint density at radius 3 is 2.21 bits per heavy atom. The van der Waals surface area contributed by atoms with Crippen molar-refractivity contribution < 1.29 is 9.18 Å². The lowest BCUT2D eigenvalue weighted by Crippen LogP contribution is -2.05. The Morgan fingerprint density at radius 1 is 1.05 bits per heavy atom. The molecule has 0 saturated heterocycles. The highest BCUT2D eigenvalue weighted by Crippen LogP contribution is 2.30. The van der Waals surface area contributed by atoms with Gasteiger partial charge in [0.15, 0.2) is 5.78 Å². The largest absolute Gasteiger partial charge is 0.288 e. The van der Waals surface area contributed by atoms with Crippen molar-refractivity contribution in [3.63, 3.8) is 0 Å². The zero-order chi connectivity index (χ0) is 14.2. The molecule has 0 amide bonds. The van der Waals surface area contributed by atoms with E-state index in [4.69, 9.17) is 34.8 Å². The topological polar surface area (TPSA) is 17.1 Å². The second kappa shape index (κ2) is 5.49. The average Bonchev–Trinajstić information content (AvgIpc) is 2.33. The van der Waals surface area contributed by atoms with Crippen LogP contribution in [0, 0.1) is 12.7 Å². The van der Waals surface area contributed by atoms with Crippen molar-refractivity contribution >= 4 is 40.6 Å². The summed E-state index contributed by atoms with van der Waals surface area (Å²) in [6, 6.07) is 7.25. The van der Waals surface area contributed by atoms with Gasteiger partial charge in [-0.2, -0.15) is 0 Å². The first-order valence-electron chi connectivity index (χ1n) is 5.36. The number of carbonyl (C=O) groups is 1. The van der Waals surface area contributed by atoms with Gasteiger partial charge >= 0.3 is 0 Å². The molecule has 0 radical (unpaired) electrons. The van der Waals surface area contributed by atoms with E-state index in [-0.39, 0.29) is 26.2 Å². The predicted octanol–water partition coefficient (Wildman–Crippen LogP) is 5.33. The first-order valence-corrected chi connectivity index (χ1v) is 6.49. The summed E-state index contributed by atoms with van der Waals surface area (Å²) < 4.78 is 13.3. The number of hydrogen-bond donors (Lipinski definition) is 0. The molecular weight excluding hydrogens is 310 g/mol. The summed E-state index contributed by atoms with van der Waals surface area (Å²) in [6.07, 6.45) is 0. The maximum absolute atomic E-state index is 13.3. The van der Waals surface area contributed by atoms with E-state index in [1.165, 1.54) is 6.07 Å². The number of carbonyl (C=O) groups excluding carboxylic acids is 1. The van der Waals surface area contributed by atoms with Crippen LogP contribution in [0.25, 0.3) is 0 Å². The minimum atomic E-state index is -0.466. The molecule has 0 atom stereocenters. The summed E-state index contributed by atoms with van der Waals surface area (Å²) >= 11 is 17.9. The van der Waals surface area contributed by atoms with Gasteiger partial charge in [0.05, 0.1) is 20.6 Å². The Labute approximate surface area is 124 Å². The Morgan fingerprint density at radius 2 is 1.63 bits per heavy atom. The molecule has 98 valence electrons. The lowest BCUT2D eigenvalue weighted by atomic mass is 10.0. The number of aryl methyl sites for hydroxylation is 1. The van der Waals surface area contributed by atoms with Crippen molar-refractivity contribution in [1.29, 1.82) is 0 Å². The molecule has 2 rings (SSSR count). The Hall–Kier alpha value is -1.09. The number of ketones is 1. The van der Waals surface area contributed by atoms with Crippen molar-refractivity contribution in [2.45, 2.75) is 6.92 Å². The van der Waals surface area contributed by atoms with Gasteiger partial charge in [-0.1, -0.05) is 40.9 Å². The standard InChI is InChI=1S/C14H8Cl3FO/c1-7-5-8(11(17)6-12(7)18)14(19)13-9(15)3-2-4-10(13)16/h2-6H,1H3. The molecule has 0 N–H and O–H groups in total. The first-order chi connectivity index (χ1) is 8.91. The highest BCUT2D eigenvalue weighted by atomic mass is 35.5. The van der Waals surface area contributed by atoms with Gasteiger partial charge in [0.1, 0.15) is 5.82 Å². The van der Waals surface area contributed by atoms with E-state index in [1.54, 1.807) is 25.1 Å². The summed E-state index contributed by atoms with van der Waals surface area (Å²) in [5.41, 5.74) is 0.672. The summed E-state index contributed by atoms with van der Waals surface area (Å²) in [6.45, 7) is 1.55. The smallest absolute Gasteiger partial charge is 0.197 e. The molecule has 0 bridgehead atoms. The molecule has 0 aliphatic rings. The van der Waals surface area contributed by atoms with Crippen LogP contribution in [0.4, 0.5) is 4.39 Å². The minimum Gasteiger partial charge on any atom is -0.288 e. The third-order valence-corrected chi connectivity index (χ3v) is 3.63. The fraction of sp³-hybridized carbons (Fsp3) is 0.0714. The van der Waals surface area contributed by atoms with Crippen LogP contribution in [0.15, 0.2) is 30.3 Å². The number of halogens is 4. The lowest BCUT2D eigenvalue weighted by molar-refractivity contribution is 0.103. The quantitative estimate of drug-likeness (QED) is 0.685. The summed E-state index contributed by atoms with van der Waals surface area (Å²) in [7, 11) is 0. The molecule has 0 aliphatic carbocycles. The van der Waals surface area contributed by atoms with Crippen LogP contribution in [-0.4, -0.2) is 5.78 Å². The molecule has 0 aromatic heterocycles. The van der Waals surface area contributed by atoms with Crippen molar-refractivity contribution in [1.82, 2.24) is 0 Å². The highest BCUT2D eigenvalue weighted by molar-refractivity contribution is 6.42. The van der Waals surface area contributed by atoms with Crippen LogP contribution in [-0.2, 0) is 0 Å². The van der Waals surface area contributed by atoms with E-state index in [9.17, 15) is 9.18 Å². The third-order valence-electron chi connectivity index (χ3n) is 2.68. The second-order valence-electron chi connectivity index (χ2n) is 4.01. The predicted molar refractivity (Wildman–Crippen MR) is 76.0 cm³/mol. The van der Waals surface area contributed by atoms with E-state index in [0.717, 1.165) is 6.07 Å². The average molecular weight is 318 g/mol. The maximum atomic E-state index is 13.3. The maximum Gasteiger partial charge on any atom is 0.197 e. The number of benzene rings is 2. The van der Waals surface area contributed by atoms with Crippen LogP contribution >= 0.6 is 34.8 Å². The van der Waals surface area contributed by atoms with E-state index in [1.807, 2.05) is 0 Å². The van der Waals surface area contributed by atoms with Crippen molar-refractivity contribution in [3.05, 3.63) is 67.9 Å². The van der Waals surface area contributed by atoms with Gasteiger partial charge in [0, 0.05) is 5.56 Å². The fourth-order valence-electron chi connectivity index (χ4n) is 1.68. The molecule has 0 aliphatic heterocycles. The molecule has 1 nitrogen and oxygen atoms in total. The second-order valence-corrected chi connectivity index (χ2v) is 5.23. The fourth-order valence-corrected chi connectivity index (χ4v) is 2.49. The molecule has 0 heterocycles. The molecular formula is C14H8Cl3FO. The van der Waals surface area contributed by atoms with Crippen LogP contribution in [0.2, 0.25) is 15.1 Å². The molecule has 2 aromatic rings. The summed E-state index contributed by atoms with van der Waals surface area (Å²) in [5, 5.41) is 0.496. The van der Waals surface area contributed by atoms with Gasteiger partial charge in [-0.3, -0.25) is 4.79 Å². The van der Waals surface area contributed by atoms with Crippen LogP contribution in [0.3, 0.4) is 0 Å². The van der Waals surface area contributed by atoms with Gasteiger partial charge in [-0.25, -0.2) is 4.39 Å². The van der Waals surface area contributed by atoms with Gasteiger partial charge in [-0.15, -0.1) is 0 Å². The molecule has 19 heavy (non-hydrogen) atoms. The Balaban J connectivity index is 2.60. The van der Waals surface area contributed by atoms with E-state index < -0.39 is 11.6 Å². The van der Waals surface area contributed by atoms with Crippen LogP contribution in [0.5, 0.6) is 0 Å². The molecule has 0 unspecified atom stereocenters. The van der Waals surface area contributed by atoms with E-state index in [0.29, 0.717) is 5.56 Å². The van der Waals surface area contributed by atoms with Crippen molar-refractivity contribution in [2.24, 2.45) is 0 Å². The zero-order valence-electron chi connectivity index (χ0n) is 9.81. The monoisotopic (exact) mass is 316 g/mol. The normalized spacial score (nSPS) is 10.6. The number of hydrogen-bond acceptors (Lipinski definition) is 1. The molecule has 0 spiro atoms. The summed E-state index contributed by atoms with van der Waals surface area (Å²) in [4.78, 5) is 12.4. The molecule has 5 heteroatoms. The van der Waals surface area contributed by atoms with E-state index in [2.05, 4.69) is 0 Å². The Bertz CT molecular complexity index is 648. The van der Waals surface area contributed by atoms with Gasteiger partial charge < -0.3 is 0 Å². The SMILES string of the molecule is Cc1cc(C(=O)c2c(Cl)cccc2Cl)c(Cl)cc1F. The van der Waals surface area contributed by atoms with E-state index >= 15 is 0 Å². The van der Waals surface area contributed by atoms with Crippen LogP contribution in [0.1, 0.15) is 21.5 Å². The Kier molecular flexibility index (Phi) is 4.14. The zero-order valence-corrected chi connectivity index (χ0v) is 12.1. The van der Waals surface area contributed by atoms with Crippen LogP contribution < -0.4 is 0 Å². The summed E-state index contributed by atoms with van der Waals surface area (Å²) in [5.74, 6) is -0.893. The first kappa shape index (κ1) is 14.3. The minimum absolute atomic E-state index is 0.0316. The molecule has 0 fully saturated rings. The molecule has 0 saturated carbocycles. The van der Waals surface area contributed by atoms with Crippen molar-refractivity contribution in [3.8, 4) is 0 Å². The number of rotatable bonds is 2. The molecule has 2 aromatic carbocycles. The lowest BCUT2D eigenvalue weighted by Gasteiger charge is -2.09. The van der Waals surface area contributed by atoms with Crippen molar-refractivity contribution in [2.75, 3.05) is 0 Å². The third kappa shape index (κ3) is 2.76. The van der Waals surface area contributed by atoms with Gasteiger partial charge in [0.25, 0.3) is 0 Å². The van der Waals surface area contributed by atoms with Gasteiger partial charge in [-0.05, 0) is 36.8 Å².